The third-order valence-electron chi connectivity index (χ3n) is 3.78. The zero-order valence-electron chi connectivity index (χ0n) is 11.2. The second-order valence-electron chi connectivity index (χ2n) is 5.06. The lowest BCUT2D eigenvalue weighted by Gasteiger charge is -2.38. The summed E-state index contributed by atoms with van der Waals surface area (Å²) in [6.45, 7) is 0.733. The number of carboxylic acid groups (broad SMARTS) is 1. The van der Waals surface area contributed by atoms with Crippen LogP contribution in [0, 0.1) is 9.39 Å². The first-order valence-electron chi connectivity index (χ1n) is 6.49. The minimum atomic E-state index is -1.03. The van der Waals surface area contributed by atoms with E-state index in [0.717, 1.165) is 0 Å². The molecule has 118 valence electrons. The quantitative estimate of drug-likeness (QED) is 0.453. The number of nitrogens with zero attached hydrogens (tertiary/aromatic N) is 2. The monoisotopic (exact) mass is 484 g/mol. The van der Waals surface area contributed by atoms with E-state index in [2.05, 4.69) is 15.9 Å². The molecule has 22 heavy (non-hydrogen) atoms. The van der Waals surface area contributed by atoms with Crippen molar-refractivity contribution in [3.63, 3.8) is 0 Å². The van der Waals surface area contributed by atoms with Gasteiger partial charge in [-0.2, -0.15) is 0 Å². The van der Waals surface area contributed by atoms with E-state index in [1.807, 2.05) is 22.6 Å². The van der Waals surface area contributed by atoms with Crippen LogP contribution < -0.4 is 4.74 Å². The number of piperazine rings is 1. The standard InChI is InChI=1S/C13H11BrFIN2O4/c14-9-8(16)3-7-11(10(9)15)22-5-6-4-17(13(20)21)1-2-18(6)12(7)19/h3,6H,1-2,4-5H2,(H,20,21)/t6-/m1/s1. The first kappa shape index (κ1) is 15.8. The summed E-state index contributed by atoms with van der Waals surface area (Å²) < 4.78 is 20.7. The minimum Gasteiger partial charge on any atom is -0.487 e. The van der Waals surface area contributed by atoms with Gasteiger partial charge in [0.15, 0.2) is 11.6 Å². The van der Waals surface area contributed by atoms with Crippen molar-refractivity contribution in [2.24, 2.45) is 0 Å². The number of hydrogen-bond acceptors (Lipinski definition) is 3. The van der Waals surface area contributed by atoms with Gasteiger partial charge in [0, 0.05) is 23.2 Å². The number of rotatable bonds is 0. The predicted octanol–water partition coefficient (Wildman–Crippen LogP) is 2.39. The van der Waals surface area contributed by atoms with Crippen molar-refractivity contribution in [1.82, 2.24) is 9.80 Å². The van der Waals surface area contributed by atoms with Gasteiger partial charge in [0.2, 0.25) is 0 Å². The van der Waals surface area contributed by atoms with Crippen LogP contribution in [-0.2, 0) is 0 Å². The van der Waals surface area contributed by atoms with Gasteiger partial charge < -0.3 is 19.6 Å². The molecule has 2 aliphatic rings. The summed E-state index contributed by atoms with van der Waals surface area (Å²) in [5.74, 6) is -1.01. The molecule has 0 unspecified atom stereocenters. The summed E-state index contributed by atoms with van der Waals surface area (Å²) in [5.41, 5.74) is 0.177. The Kier molecular flexibility index (Phi) is 4.19. The molecule has 0 bridgehead atoms. The SMILES string of the molecule is O=C(O)N1CCN2C(=O)c3cc(I)c(Br)c(F)c3OC[C@H]2C1. The molecule has 1 atom stereocenters. The van der Waals surface area contributed by atoms with Crippen LogP contribution in [0.4, 0.5) is 9.18 Å². The molecule has 3 rings (SSSR count). The molecule has 1 saturated heterocycles. The van der Waals surface area contributed by atoms with Crippen molar-refractivity contribution in [3.8, 4) is 5.75 Å². The largest absolute Gasteiger partial charge is 0.487 e. The molecular weight excluding hydrogens is 474 g/mol. The van der Waals surface area contributed by atoms with Crippen molar-refractivity contribution in [2.75, 3.05) is 26.2 Å². The predicted molar refractivity (Wildman–Crippen MR) is 86.7 cm³/mol. The fourth-order valence-electron chi connectivity index (χ4n) is 2.65. The van der Waals surface area contributed by atoms with E-state index in [4.69, 9.17) is 9.84 Å². The number of halogens is 3. The maximum atomic E-state index is 14.3. The molecule has 6 nitrogen and oxygen atoms in total. The van der Waals surface area contributed by atoms with Gasteiger partial charge in [0.25, 0.3) is 5.91 Å². The van der Waals surface area contributed by atoms with E-state index in [-0.39, 0.29) is 47.9 Å². The summed E-state index contributed by atoms with van der Waals surface area (Å²) in [7, 11) is 0. The van der Waals surface area contributed by atoms with Gasteiger partial charge in [0.1, 0.15) is 6.61 Å². The molecule has 9 heteroatoms. The van der Waals surface area contributed by atoms with Gasteiger partial charge in [-0.1, -0.05) is 0 Å². The van der Waals surface area contributed by atoms with E-state index in [1.165, 1.54) is 4.90 Å². The maximum absolute atomic E-state index is 14.3. The average molecular weight is 485 g/mol. The highest BCUT2D eigenvalue weighted by atomic mass is 127. The molecule has 0 aromatic heterocycles. The van der Waals surface area contributed by atoms with E-state index in [0.29, 0.717) is 3.57 Å². The third-order valence-corrected chi connectivity index (χ3v) is 6.15. The second-order valence-corrected chi connectivity index (χ2v) is 7.01. The lowest BCUT2D eigenvalue weighted by atomic mass is 10.1. The molecule has 0 aliphatic carbocycles. The highest BCUT2D eigenvalue weighted by Gasteiger charge is 2.38. The van der Waals surface area contributed by atoms with Gasteiger partial charge in [-0.15, -0.1) is 0 Å². The highest BCUT2D eigenvalue weighted by molar-refractivity contribution is 14.1. The fourth-order valence-corrected chi connectivity index (χ4v) is 3.49. The molecule has 1 N–H and O–H groups in total. The van der Waals surface area contributed by atoms with Gasteiger partial charge in [0.05, 0.1) is 16.1 Å². The summed E-state index contributed by atoms with van der Waals surface area (Å²) in [6, 6.07) is 1.16. The first-order chi connectivity index (χ1) is 10.4. The summed E-state index contributed by atoms with van der Waals surface area (Å²) in [5, 5.41) is 9.07. The Morgan fingerprint density at radius 2 is 2.23 bits per heavy atom. The highest BCUT2D eigenvalue weighted by Crippen LogP contribution is 2.36. The maximum Gasteiger partial charge on any atom is 0.407 e. The normalized spacial score (nSPS) is 20.9. The van der Waals surface area contributed by atoms with Gasteiger partial charge in [-0.05, 0) is 44.6 Å². The van der Waals surface area contributed by atoms with E-state index in [1.54, 1.807) is 11.0 Å². The van der Waals surface area contributed by atoms with Crippen molar-refractivity contribution in [1.29, 1.82) is 0 Å². The minimum absolute atomic E-state index is 0.0620. The molecule has 0 spiro atoms. The number of carbonyl (C=O) groups excluding carboxylic acids is 1. The molecule has 0 radical (unpaired) electrons. The molecule has 2 aliphatic heterocycles. The molecule has 1 fully saturated rings. The van der Waals surface area contributed by atoms with Crippen LogP contribution in [0.1, 0.15) is 10.4 Å². The number of amides is 2. The summed E-state index contributed by atoms with van der Waals surface area (Å²) in [4.78, 5) is 26.5. The van der Waals surface area contributed by atoms with Crippen LogP contribution in [-0.4, -0.2) is 59.2 Å². The average Bonchev–Trinajstić information content (AvgIpc) is 2.63. The number of ether oxygens (including phenoxy) is 1. The van der Waals surface area contributed by atoms with Crippen LogP contribution in [0.2, 0.25) is 0 Å². The fraction of sp³-hybridized carbons (Fsp3) is 0.385. The second kappa shape index (κ2) is 5.84. The van der Waals surface area contributed by atoms with Crippen molar-refractivity contribution in [3.05, 3.63) is 25.5 Å². The van der Waals surface area contributed by atoms with Gasteiger partial charge >= 0.3 is 6.09 Å². The number of hydrogen-bond donors (Lipinski definition) is 1. The zero-order chi connectivity index (χ0) is 16.0. The first-order valence-corrected chi connectivity index (χ1v) is 8.36. The molecule has 1 aromatic rings. The van der Waals surface area contributed by atoms with Crippen molar-refractivity contribution < 1.29 is 23.8 Å². The lowest BCUT2D eigenvalue weighted by Crippen LogP contribution is -2.57. The Morgan fingerprint density at radius 1 is 1.50 bits per heavy atom. The Balaban J connectivity index is 1.98. The van der Waals surface area contributed by atoms with Crippen LogP contribution in [0.5, 0.6) is 5.75 Å². The Labute approximate surface area is 147 Å². The molecule has 1 aromatic carbocycles. The Bertz CT molecular complexity index is 672. The Morgan fingerprint density at radius 3 is 2.91 bits per heavy atom. The Hall–Kier alpha value is -1.10. The molecule has 0 saturated carbocycles. The number of carbonyl (C=O) groups is 2. The summed E-state index contributed by atoms with van der Waals surface area (Å²) in [6.07, 6.45) is -1.03. The molecule has 2 amide bonds. The van der Waals surface area contributed by atoms with E-state index >= 15 is 0 Å². The number of fused-ring (bicyclic) bond motifs is 2. The zero-order valence-corrected chi connectivity index (χ0v) is 14.9. The topological polar surface area (TPSA) is 70.1 Å². The van der Waals surface area contributed by atoms with Crippen LogP contribution in [0.25, 0.3) is 0 Å². The van der Waals surface area contributed by atoms with E-state index in [9.17, 15) is 14.0 Å². The van der Waals surface area contributed by atoms with Crippen LogP contribution in [0.15, 0.2) is 10.5 Å². The smallest absolute Gasteiger partial charge is 0.407 e. The van der Waals surface area contributed by atoms with E-state index < -0.39 is 18.0 Å². The molecular formula is C13H11BrFIN2O4. The molecule has 2 heterocycles. The van der Waals surface area contributed by atoms with Crippen LogP contribution in [0.3, 0.4) is 0 Å². The third kappa shape index (κ3) is 2.53. The van der Waals surface area contributed by atoms with Gasteiger partial charge in [-0.25, -0.2) is 9.18 Å². The summed E-state index contributed by atoms with van der Waals surface area (Å²) >= 11 is 5.07. The van der Waals surface area contributed by atoms with Crippen LogP contribution >= 0.6 is 38.5 Å². The van der Waals surface area contributed by atoms with Crippen molar-refractivity contribution in [2.45, 2.75) is 6.04 Å². The van der Waals surface area contributed by atoms with Crippen molar-refractivity contribution >= 4 is 50.5 Å². The number of benzene rings is 1. The lowest BCUT2D eigenvalue weighted by molar-refractivity contribution is 0.0388. The van der Waals surface area contributed by atoms with Gasteiger partial charge in [-0.3, -0.25) is 4.79 Å².